The van der Waals surface area contributed by atoms with E-state index < -0.39 is 0 Å². The molecule has 1 unspecified atom stereocenters. The van der Waals surface area contributed by atoms with Crippen molar-refractivity contribution in [3.63, 3.8) is 0 Å². The Bertz CT molecular complexity index is 423. The van der Waals surface area contributed by atoms with E-state index in [0.717, 1.165) is 11.3 Å². The first-order valence-corrected chi connectivity index (χ1v) is 4.83. The summed E-state index contributed by atoms with van der Waals surface area (Å²) in [4.78, 5) is 0. The van der Waals surface area contributed by atoms with E-state index in [0.29, 0.717) is 0 Å². The van der Waals surface area contributed by atoms with E-state index >= 15 is 0 Å². The number of aromatic hydroxyl groups is 1. The smallest absolute Gasteiger partial charge is 0.117 e. The molecular weight excluding hydrogens is 190 g/mol. The SMILES string of the molecule is CC(Nc1cccc(O)c1)c1ccoc1. The lowest BCUT2D eigenvalue weighted by atomic mass is 10.1. The van der Waals surface area contributed by atoms with Crippen molar-refractivity contribution in [2.75, 3.05) is 5.32 Å². The van der Waals surface area contributed by atoms with Gasteiger partial charge in [-0.05, 0) is 25.1 Å². The molecule has 78 valence electrons. The highest BCUT2D eigenvalue weighted by molar-refractivity contribution is 5.49. The summed E-state index contributed by atoms with van der Waals surface area (Å²) in [5, 5.41) is 12.6. The number of nitrogens with one attached hydrogen (secondary N) is 1. The number of rotatable bonds is 3. The van der Waals surface area contributed by atoms with E-state index in [1.165, 1.54) is 0 Å². The van der Waals surface area contributed by atoms with Crippen LogP contribution < -0.4 is 5.32 Å². The normalized spacial score (nSPS) is 12.3. The van der Waals surface area contributed by atoms with Crippen LogP contribution in [0.2, 0.25) is 0 Å². The number of hydrogen-bond acceptors (Lipinski definition) is 3. The molecule has 3 heteroatoms. The molecule has 0 aliphatic rings. The van der Waals surface area contributed by atoms with Gasteiger partial charge < -0.3 is 14.8 Å². The molecule has 1 heterocycles. The molecule has 1 aromatic carbocycles. The van der Waals surface area contributed by atoms with Gasteiger partial charge in [0.05, 0.1) is 18.6 Å². The highest BCUT2D eigenvalue weighted by Gasteiger charge is 2.06. The maximum Gasteiger partial charge on any atom is 0.117 e. The third-order valence-electron chi connectivity index (χ3n) is 2.27. The van der Waals surface area contributed by atoms with Crippen LogP contribution >= 0.6 is 0 Å². The minimum atomic E-state index is 0.158. The molecule has 0 aliphatic carbocycles. The van der Waals surface area contributed by atoms with E-state index in [4.69, 9.17) is 4.42 Å². The van der Waals surface area contributed by atoms with Crippen LogP contribution in [0.5, 0.6) is 5.75 Å². The number of phenolic OH excluding ortho intramolecular Hbond substituents is 1. The van der Waals surface area contributed by atoms with Crippen LogP contribution in [0.25, 0.3) is 0 Å². The minimum Gasteiger partial charge on any atom is -0.508 e. The molecule has 15 heavy (non-hydrogen) atoms. The van der Waals surface area contributed by atoms with Crippen LogP contribution in [-0.2, 0) is 0 Å². The monoisotopic (exact) mass is 203 g/mol. The molecule has 0 fully saturated rings. The Balaban J connectivity index is 2.09. The van der Waals surface area contributed by atoms with Crippen molar-refractivity contribution >= 4 is 5.69 Å². The maximum atomic E-state index is 9.30. The Labute approximate surface area is 88.4 Å². The number of furan rings is 1. The molecule has 1 atom stereocenters. The molecule has 0 saturated heterocycles. The summed E-state index contributed by atoms with van der Waals surface area (Å²) in [5.41, 5.74) is 1.97. The van der Waals surface area contributed by atoms with Crippen molar-refractivity contribution in [1.29, 1.82) is 0 Å². The molecule has 0 bridgehead atoms. The number of phenols is 1. The van der Waals surface area contributed by atoms with Gasteiger partial charge in [-0.3, -0.25) is 0 Å². The van der Waals surface area contributed by atoms with Gasteiger partial charge >= 0.3 is 0 Å². The molecule has 0 spiro atoms. The van der Waals surface area contributed by atoms with E-state index in [-0.39, 0.29) is 11.8 Å². The summed E-state index contributed by atoms with van der Waals surface area (Å²) in [7, 11) is 0. The van der Waals surface area contributed by atoms with E-state index in [9.17, 15) is 5.11 Å². The van der Waals surface area contributed by atoms with Crippen molar-refractivity contribution < 1.29 is 9.52 Å². The third kappa shape index (κ3) is 2.31. The lowest BCUT2D eigenvalue weighted by Gasteiger charge is -2.13. The van der Waals surface area contributed by atoms with Gasteiger partial charge in [0.2, 0.25) is 0 Å². The number of benzene rings is 1. The summed E-state index contributed by atoms with van der Waals surface area (Å²) >= 11 is 0. The first-order valence-electron chi connectivity index (χ1n) is 4.83. The first kappa shape index (κ1) is 9.65. The second-order valence-electron chi connectivity index (χ2n) is 3.47. The average Bonchev–Trinajstić information content (AvgIpc) is 2.70. The minimum absolute atomic E-state index is 0.158. The first-order chi connectivity index (χ1) is 7.25. The van der Waals surface area contributed by atoms with Gasteiger partial charge in [-0.25, -0.2) is 0 Å². The van der Waals surface area contributed by atoms with Gasteiger partial charge in [-0.1, -0.05) is 6.07 Å². The second kappa shape index (κ2) is 4.09. The second-order valence-corrected chi connectivity index (χ2v) is 3.47. The van der Waals surface area contributed by atoms with Gasteiger partial charge in [0.1, 0.15) is 5.75 Å². The van der Waals surface area contributed by atoms with Gasteiger partial charge in [0.15, 0.2) is 0 Å². The van der Waals surface area contributed by atoms with E-state index in [2.05, 4.69) is 5.32 Å². The van der Waals surface area contributed by atoms with Gasteiger partial charge in [0, 0.05) is 17.3 Å². The molecular formula is C12H13NO2. The Kier molecular flexibility index (Phi) is 2.63. The highest BCUT2D eigenvalue weighted by atomic mass is 16.3. The van der Waals surface area contributed by atoms with E-state index in [1.54, 1.807) is 30.7 Å². The topological polar surface area (TPSA) is 45.4 Å². The standard InChI is InChI=1S/C12H13NO2/c1-9(10-5-6-15-8-10)13-11-3-2-4-12(14)7-11/h2-9,13-14H,1H3. The molecule has 0 saturated carbocycles. The predicted molar refractivity (Wildman–Crippen MR) is 58.9 cm³/mol. The van der Waals surface area contributed by atoms with Crippen LogP contribution in [0, 0.1) is 0 Å². The van der Waals surface area contributed by atoms with Gasteiger partial charge in [-0.15, -0.1) is 0 Å². The Morgan fingerprint density at radius 2 is 2.20 bits per heavy atom. The molecule has 2 rings (SSSR count). The van der Waals surface area contributed by atoms with Crippen molar-refractivity contribution in [2.24, 2.45) is 0 Å². The largest absolute Gasteiger partial charge is 0.508 e. The summed E-state index contributed by atoms with van der Waals surface area (Å²) in [6, 6.07) is 9.13. The molecule has 2 N–H and O–H groups in total. The zero-order valence-corrected chi connectivity index (χ0v) is 8.47. The quantitative estimate of drug-likeness (QED) is 0.805. The van der Waals surface area contributed by atoms with Crippen molar-refractivity contribution in [1.82, 2.24) is 0 Å². The Morgan fingerprint density at radius 3 is 2.87 bits per heavy atom. The number of hydrogen-bond donors (Lipinski definition) is 2. The number of anilines is 1. The van der Waals surface area contributed by atoms with Gasteiger partial charge in [-0.2, -0.15) is 0 Å². The van der Waals surface area contributed by atoms with Crippen LogP contribution in [0.4, 0.5) is 5.69 Å². The fourth-order valence-corrected chi connectivity index (χ4v) is 1.45. The lowest BCUT2D eigenvalue weighted by Crippen LogP contribution is -2.04. The average molecular weight is 203 g/mol. The predicted octanol–water partition coefficient (Wildman–Crippen LogP) is 3.16. The fourth-order valence-electron chi connectivity index (χ4n) is 1.45. The summed E-state index contributed by atoms with van der Waals surface area (Å²) in [5.74, 6) is 0.263. The molecule has 0 amide bonds. The lowest BCUT2D eigenvalue weighted by molar-refractivity contribution is 0.475. The van der Waals surface area contributed by atoms with E-state index in [1.807, 2.05) is 19.1 Å². The van der Waals surface area contributed by atoms with Crippen LogP contribution in [0.15, 0.2) is 47.3 Å². The Hall–Kier alpha value is -1.90. The van der Waals surface area contributed by atoms with Gasteiger partial charge in [0.25, 0.3) is 0 Å². The Morgan fingerprint density at radius 1 is 1.33 bits per heavy atom. The van der Waals surface area contributed by atoms with Crippen LogP contribution in [0.1, 0.15) is 18.5 Å². The van der Waals surface area contributed by atoms with Crippen molar-refractivity contribution in [2.45, 2.75) is 13.0 Å². The maximum absolute atomic E-state index is 9.30. The zero-order valence-electron chi connectivity index (χ0n) is 8.47. The molecule has 3 nitrogen and oxygen atoms in total. The fraction of sp³-hybridized carbons (Fsp3) is 0.167. The molecule has 0 aliphatic heterocycles. The molecule has 0 radical (unpaired) electrons. The van der Waals surface area contributed by atoms with Crippen molar-refractivity contribution in [3.8, 4) is 5.75 Å². The summed E-state index contributed by atoms with van der Waals surface area (Å²) < 4.78 is 5.01. The third-order valence-corrected chi connectivity index (χ3v) is 2.27. The highest BCUT2D eigenvalue weighted by Crippen LogP contribution is 2.21. The van der Waals surface area contributed by atoms with Crippen molar-refractivity contribution in [3.05, 3.63) is 48.4 Å². The summed E-state index contributed by atoms with van der Waals surface area (Å²) in [6.45, 7) is 2.04. The molecule has 1 aromatic heterocycles. The zero-order chi connectivity index (χ0) is 10.7. The van der Waals surface area contributed by atoms with Crippen LogP contribution in [0.3, 0.4) is 0 Å². The summed E-state index contributed by atoms with van der Waals surface area (Å²) in [6.07, 6.45) is 3.36. The van der Waals surface area contributed by atoms with Crippen LogP contribution in [-0.4, -0.2) is 5.11 Å². The molecule has 2 aromatic rings.